The molecule has 4 heteroatoms. The van der Waals surface area contributed by atoms with E-state index >= 15 is 0 Å². The first-order valence-electron chi connectivity index (χ1n) is 4.26. The van der Waals surface area contributed by atoms with Crippen LogP contribution >= 0.6 is 15.9 Å². The summed E-state index contributed by atoms with van der Waals surface area (Å²) in [6, 6.07) is 5.41. The number of carbonyl (C=O) groups is 1. The van der Waals surface area contributed by atoms with E-state index in [1.807, 2.05) is 19.1 Å². The van der Waals surface area contributed by atoms with Gasteiger partial charge in [0, 0.05) is 4.47 Å². The minimum atomic E-state index is 0.0434. The molecule has 0 aliphatic heterocycles. The van der Waals surface area contributed by atoms with E-state index < -0.39 is 0 Å². The van der Waals surface area contributed by atoms with E-state index in [1.165, 1.54) is 0 Å². The highest BCUT2D eigenvalue weighted by Gasteiger charge is 2.04. The lowest BCUT2D eigenvalue weighted by molar-refractivity contribution is -0.109. The second-order valence-corrected chi connectivity index (χ2v) is 3.42. The Balaban J connectivity index is 2.83. The summed E-state index contributed by atoms with van der Waals surface area (Å²) < 4.78 is 11.4. The standard InChI is InChI=1S/C10H11BrO3/c1-2-13-10-7-8(11)3-4-9(10)14-6-5-12/h3-5,7H,2,6H2,1H3. The average molecular weight is 259 g/mol. The first-order valence-corrected chi connectivity index (χ1v) is 5.06. The van der Waals surface area contributed by atoms with Gasteiger partial charge in [0.2, 0.25) is 0 Å². The number of rotatable bonds is 5. The molecule has 0 atom stereocenters. The Morgan fingerprint density at radius 3 is 2.79 bits per heavy atom. The van der Waals surface area contributed by atoms with Crippen LogP contribution in [0.25, 0.3) is 0 Å². The average Bonchev–Trinajstić information content (AvgIpc) is 2.17. The van der Waals surface area contributed by atoms with Crippen molar-refractivity contribution in [3.05, 3.63) is 22.7 Å². The monoisotopic (exact) mass is 258 g/mol. The first kappa shape index (κ1) is 11.0. The number of aldehydes is 1. The number of ether oxygens (including phenoxy) is 2. The smallest absolute Gasteiger partial charge is 0.162 e. The maximum absolute atomic E-state index is 10.1. The van der Waals surface area contributed by atoms with Gasteiger partial charge in [-0.05, 0) is 25.1 Å². The van der Waals surface area contributed by atoms with Crippen LogP contribution < -0.4 is 9.47 Å². The molecule has 1 aromatic carbocycles. The van der Waals surface area contributed by atoms with Gasteiger partial charge < -0.3 is 9.47 Å². The summed E-state index contributed by atoms with van der Waals surface area (Å²) in [6.07, 6.45) is 0.706. The molecule has 0 radical (unpaired) electrons. The van der Waals surface area contributed by atoms with Crippen LogP contribution in [-0.4, -0.2) is 19.5 Å². The molecule has 0 heterocycles. The molecule has 1 rings (SSSR count). The topological polar surface area (TPSA) is 35.5 Å². The third kappa shape index (κ3) is 3.03. The summed E-state index contributed by atoms with van der Waals surface area (Å²) in [5, 5.41) is 0. The van der Waals surface area contributed by atoms with Crippen LogP contribution in [0.2, 0.25) is 0 Å². The molecule has 0 bridgehead atoms. The zero-order valence-electron chi connectivity index (χ0n) is 7.83. The van der Waals surface area contributed by atoms with Gasteiger partial charge in [-0.3, -0.25) is 4.79 Å². The first-order chi connectivity index (χ1) is 6.77. The zero-order valence-corrected chi connectivity index (χ0v) is 9.41. The Morgan fingerprint density at radius 2 is 2.14 bits per heavy atom. The summed E-state index contributed by atoms with van der Waals surface area (Å²) in [5.74, 6) is 1.23. The highest BCUT2D eigenvalue weighted by Crippen LogP contribution is 2.30. The van der Waals surface area contributed by atoms with Crippen LogP contribution in [0, 0.1) is 0 Å². The fourth-order valence-electron chi connectivity index (χ4n) is 0.993. The van der Waals surface area contributed by atoms with Gasteiger partial charge in [0.15, 0.2) is 17.8 Å². The number of hydrogen-bond donors (Lipinski definition) is 0. The summed E-state index contributed by atoms with van der Waals surface area (Å²) >= 11 is 3.33. The summed E-state index contributed by atoms with van der Waals surface area (Å²) in [7, 11) is 0. The molecule has 0 aliphatic rings. The molecule has 0 saturated carbocycles. The van der Waals surface area contributed by atoms with E-state index in [1.54, 1.807) is 6.07 Å². The van der Waals surface area contributed by atoms with E-state index in [0.717, 1.165) is 4.47 Å². The van der Waals surface area contributed by atoms with Gasteiger partial charge in [0.1, 0.15) is 6.61 Å². The maximum atomic E-state index is 10.1. The van der Waals surface area contributed by atoms with Gasteiger partial charge in [-0.2, -0.15) is 0 Å². The van der Waals surface area contributed by atoms with E-state index in [-0.39, 0.29) is 6.61 Å². The van der Waals surface area contributed by atoms with Crippen molar-refractivity contribution >= 4 is 22.2 Å². The molecule has 14 heavy (non-hydrogen) atoms. The van der Waals surface area contributed by atoms with Gasteiger partial charge in [-0.1, -0.05) is 15.9 Å². The molecule has 76 valence electrons. The largest absolute Gasteiger partial charge is 0.490 e. The van der Waals surface area contributed by atoms with Crippen molar-refractivity contribution in [3.63, 3.8) is 0 Å². The van der Waals surface area contributed by atoms with Gasteiger partial charge in [0.05, 0.1) is 6.61 Å². The summed E-state index contributed by atoms with van der Waals surface area (Å²) in [4.78, 5) is 10.1. The van der Waals surface area contributed by atoms with Crippen LogP contribution in [0.3, 0.4) is 0 Å². The molecule has 1 aromatic rings. The van der Waals surface area contributed by atoms with E-state index in [2.05, 4.69) is 15.9 Å². The fraction of sp³-hybridized carbons (Fsp3) is 0.300. The predicted octanol–water partition coefficient (Wildman–Crippen LogP) is 2.43. The predicted molar refractivity (Wildman–Crippen MR) is 56.9 cm³/mol. The number of halogens is 1. The Kier molecular flexibility index (Phi) is 4.46. The van der Waals surface area contributed by atoms with Crippen molar-refractivity contribution in [2.24, 2.45) is 0 Å². The molecule has 0 aromatic heterocycles. The molecule has 3 nitrogen and oxygen atoms in total. The molecule has 0 saturated heterocycles. The SMILES string of the molecule is CCOc1cc(Br)ccc1OCC=O. The third-order valence-electron chi connectivity index (χ3n) is 1.51. The van der Waals surface area contributed by atoms with Crippen LogP contribution in [0.5, 0.6) is 11.5 Å². The van der Waals surface area contributed by atoms with Gasteiger partial charge in [-0.25, -0.2) is 0 Å². The van der Waals surface area contributed by atoms with Crippen molar-refractivity contribution in [2.75, 3.05) is 13.2 Å². The van der Waals surface area contributed by atoms with Crippen molar-refractivity contribution in [1.29, 1.82) is 0 Å². The second-order valence-electron chi connectivity index (χ2n) is 2.50. The number of hydrogen-bond acceptors (Lipinski definition) is 3. The van der Waals surface area contributed by atoms with Gasteiger partial charge >= 0.3 is 0 Å². The molecule has 0 aliphatic carbocycles. The fourth-order valence-corrected chi connectivity index (χ4v) is 1.33. The van der Waals surface area contributed by atoms with Crippen molar-refractivity contribution < 1.29 is 14.3 Å². The molecule has 0 fully saturated rings. The Morgan fingerprint density at radius 1 is 1.36 bits per heavy atom. The minimum absolute atomic E-state index is 0.0434. The van der Waals surface area contributed by atoms with Crippen LogP contribution in [-0.2, 0) is 4.79 Å². The molecular weight excluding hydrogens is 248 g/mol. The molecule has 0 amide bonds. The normalized spacial score (nSPS) is 9.57. The quantitative estimate of drug-likeness (QED) is 0.762. The highest BCUT2D eigenvalue weighted by molar-refractivity contribution is 9.10. The van der Waals surface area contributed by atoms with E-state index in [0.29, 0.717) is 24.4 Å². The Bertz CT molecular complexity index is 312. The molecule has 0 N–H and O–H groups in total. The molecule has 0 unspecified atom stereocenters. The summed E-state index contributed by atoms with van der Waals surface area (Å²) in [6.45, 7) is 2.50. The third-order valence-corrected chi connectivity index (χ3v) is 2.01. The Hall–Kier alpha value is -1.03. The van der Waals surface area contributed by atoms with Gasteiger partial charge in [-0.15, -0.1) is 0 Å². The number of carbonyl (C=O) groups excluding carboxylic acids is 1. The minimum Gasteiger partial charge on any atom is -0.490 e. The van der Waals surface area contributed by atoms with Crippen LogP contribution in [0.1, 0.15) is 6.92 Å². The maximum Gasteiger partial charge on any atom is 0.162 e. The zero-order chi connectivity index (χ0) is 10.4. The van der Waals surface area contributed by atoms with Gasteiger partial charge in [0.25, 0.3) is 0 Å². The molecule has 0 spiro atoms. The Labute approximate surface area is 91.1 Å². The van der Waals surface area contributed by atoms with Crippen molar-refractivity contribution in [2.45, 2.75) is 6.92 Å². The lowest BCUT2D eigenvalue weighted by atomic mass is 10.3. The van der Waals surface area contributed by atoms with E-state index in [4.69, 9.17) is 9.47 Å². The van der Waals surface area contributed by atoms with Crippen LogP contribution in [0.15, 0.2) is 22.7 Å². The lowest BCUT2D eigenvalue weighted by Crippen LogP contribution is -2.01. The second kappa shape index (κ2) is 5.65. The van der Waals surface area contributed by atoms with E-state index in [9.17, 15) is 4.79 Å². The van der Waals surface area contributed by atoms with Crippen molar-refractivity contribution in [3.8, 4) is 11.5 Å². The van der Waals surface area contributed by atoms with Crippen LogP contribution in [0.4, 0.5) is 0 Å². The van der Waals surface area contributed by atoms with Crippen molar-refractivity contribution in [1.82, 2.24) is 0 Å². The number of benzene rings is 1. The highest BCUT2D eigenvalue weighted by atomic mass is 79.9. The summed E-state index contributed by atoms with van der Waals surface area (Å²) in [5.41, 5.74) is 0. The molecular formula is C10H11BrO3. The lowest BCUT2D eigenvalue weighted by Gasteiger charge is -2.10.